The highest BCUT2D eigenvalue weighted by Crippen LogP contribution is 2.47. The molecule has 0 bridgehead atoms. The molecule has 43 heavy (non-hydrogen) atoms. The number of benzene rings is 2. The minimum absolute atomic E-state index is 0.0480. The summed E-state index contributed by atoms with van der Waals surface area (Å²) in [6.07, 6.45) is 2.78. The second kappa shape index (κ2) is 11.0. The van der Waals surface area contributed by atoms with Crippen LogP contribution in [0, 0.1) is 5.82 Å². The van der Waals surface area contributed by atoms with Crippen LogP contribution in [-0.4, -0.2) is 70.7 Å². The summed E-state index contributed by atoms with van der Waals surface area (Å²) < 4.78 is 31.6. The molecule has 5 heterocycles. The van der Waals surface area contributed by atoms with Gasteiger partial charge in [0.15, 0.2) is 11.6 Å². The number of aromatic nitrogens is 2. The first-order valence-corrected chi connectivity index (χ1v) is 14.5. The summed E-state index contributed by atoms with van der Waals surface area (Å²) >= 11 is 1.55. The lowest BCUT2D eigenvalue weighted by Gasteiger charge is -2.24. The lowest BCUT2D eigenvalue weighted by Crippen LogP contribution is -2.49. The lowest BCUT2D eigenvalue weighted by atomic mass is 10.1. The van der Waals surface area contributed by atoms with Crippen LogP contribution in [0.2, 0.25) is 0 Å². The molecule has 0 aliphatic carbocycles. The molecule has 13 heteroatoms. The zero-order valence-electron chi connectivity index (χ0n) is 22.7. The van der Waals surface area contributed by atoms with Crippen LogP contribution in [-0.2, 0) is 25.6 Å². The number of fused-ring (bicyclic) bond motifs is 3. The predicted molar refractivity (Wildman–Crippen MR) is 152 cm³/mol. The topological polar surface area (TPSA) is 135 Å². The third kappa shape index (κ3) is 5.31. The number of amides is 3. The van der Waals surface area contributed by atoms with E-state index in [-0.39, 0.29) is 26.1 Å². The van der Waals surface area contributed by atoms with Crippen LogP contribution in [0.5, 0.6) is 11.5 Å². The van der Waals surface area contributed by atoms with Crippen LogP contribution in [0.3, 0.4) is 0 Å². The number of para-hydroxylation sites is 1. The standard InChI is InChI=1S/C30H26FN5O6S/c31-20-14-32-12-18-9-19(35-27(18)20)13-33-29(39)21-11-30(40-7-8-41-30)16-36(21)26(37)15-34-28(38)17-5-6-25-23(10-17)42-22-3-1-2-4-24(22)43-25/h1-6,9-10,12,14,21,35H,7-8,11,13,15-16H2,(H,33,39)(H,34,38). The molecule has 1 spiro atoms. The van der Waals surface area contributed by atoms with E-state index in [0.717, 1.165) is 16.0 Å². The van der Waals surface area contributed by atoms with E-state index in [1.807, 2.05) is 30.3 Å². The summed E-state index contributed by atoms with van der Waals surface area (Å²) in [6, 6.07) is 13.6. The molecule has 0 radical (unpaired) electrons. The molecular formula is C30H26FN5O6S. The van der Waals surface area contributed by atoms with E-state index in [2.05, 4.69) is 20.6 Å². The van der Waals surface area contributed by atoms with Crippen LogP contribution >= 0.6 is 11.8 Å². The van der Waals surface area contributed by atoms with E-state index in [9.17, 15) is 18.8 Å². The van der Waals surface area contributed by atoms with E-state index in [1.165, 1.54) is 11.1 Å². The Balaban J connectivity index is 1.01. The number of ether oxygens (including phenoxy) is 3. The van der Waals surface area contributed by atoms with Crippen LogP contribution in [0.25, 0.3) is 10.9 Å². The van der Waals surface area contributed by atoms with Gasteiger partial charge in [-0.1, -0.05) is 23.9 Å². The molecule has 220 valence electrons. The molecule has 2 aromatic heterocycles. The van der Waals surface area contributed by atoms with Gasteiger partial charge in [0.1, 0.15) is 17.5 Å². The first kappa shape index (κ1) is 27.4. The molecule has 2 saturated heterocycles. The number of hydrogen-bond acceptors (Lipinski definition) is 8. The molecule has 3 N–H and O–H groups in total. The SMILES string of the molecule is O=C(NCC(=O)N1CC2(CC1C(=O)NCc1cc3cncc(F)c3[nH]1)OCCO2)c1ccc2c(c1)Oc1ccccc1S2. The van der Waals surface area contributed by atoms with Crippen molar-refractivity contribution in [3.05, 3.63) is 78.0 Å². The fourth-order valence-corrected chi connectivity index (χ4v) is 6.47. The molecule has 7 rings (SSSR count). The van der Waals surface area contributed by atoms with Gasteiger partial charge < -0.3 is 34.7 Å². The lowest BCUT2D eigenvalue weighted by molar-refractivity contribution is -0.152. The molecule has 3 aliphatic heterocycles. The quantitative estimate of drug-likeness (QED) is 0.269. The van der Waals surface area contributed by atoms with Crippen molar-refractivity contribution >= 4 is 40.4 Å². The number of aromatic amines is 1. The van der Waals surface area contributed by atoms with E-state index in [1.54, 1.807) is 30.0 Å². The second-order valence-electron chi connectivity index (χ2n) is 10.4. The number of carbonyl (C=O) groups is 3. The van der Waals surface area contributed by atoms with Crippen molar-refractivity contribution in [1.29, 1.82) is 0 Å². The predicted octanol–water partition coefficient (Wildman–Crippen LogP) is 3.35. The van der Waals surface area contributed by atoms with E-state index in [0.29, 0.717) is 46.9 Å². The number of nitrogens with zero attached hydrogens (tertiary/aromatic N) is 2. The van der Waals surface area contributed by atoms with Crippen molar-refractivity contribution in [2.75, 3.05) is 26.3 Å². The smallest absolute Gasteiger partial charge is 0.251 e. The van der Waals surface area contributed by atoms with Crippen LogP contribution in [0.4, 0.5) is 4.39 Å². The number of pyridine rings is 1. The average Bonchev–Trinajstić information content (AvgIpc) is 3.76. The summed E-state index contributed by atoms with van der Waals surface area (Å²) in [5.41, 5.74) is 1.22. The van der Waals surface area contributed by atoms with Gasteiger partial charge in [0.25, 0.3) is 5.91 Å². The zero-order chi connectivity index (χ0) is 29.6. The van der Waals surface area contributed by atoms with Crippen molar-refractivity contribution < 1.29 is 33.0 Å². The summed E-state index contributed by atoms with van der Waals surface area (Å²) in [5, 5.41) is 6.07. The van der Waals surface area contributed by atoms with Gasteiger partial charge in [-0.3, -0.25) is 19.4 Å². The van der Waals surface area contributed by atoms with Gasteiger partial charge in [-0.05, 0) is 36.4 Å². The maximum Gasteiger partial charge on any atom is 0.251 e. The Morgan fingerprint density at radius 1 is 1.05 bits per heavy atom. The second-order valence-corrected chi connectivity index (χ2v) is 11.5. The monoisotopic (exact) mass is 603 g/mol. The zero-order valence-corrected chi connectivity index (χ0v) is 23.5. The highest BCUT2D eigenvalue weighted by molar-refractivity contribution is 7.99. The van der Waals surface area contributed by atoms with Crippen LogP contribution in [0.1, 0.15) is 22.5 Å². The molecule has 3 amide bonds. The normalized spacial score (nSPS) is 18.3. The third-order valence-corrected chi connectivity index (χ3v) is 8.74. The summed E-state index contributed by atoms with van der Waals surface area (Å²) in [4.78, 5) is 49.7. The first-order valence-electron chi connectivity index (χ1n) is 13.7. The fraction of sp³-hybridized carbons (Fsp3) is 0.267. The van der Waals surface area contributed by atoms with Gasteiger partial charge in [0.2, 0.25) is 11.8 Å². The first-order chi connectivity index (χ1) is 20.9. The van der Waals surface area contributed by atoms with E-state index in [4.69, 9.17) is 14.2 Å². The number of carbonyl (C=O) groups excluding carboxylic acids is 3. The highest BCUT2D eigenvalue weighted by atomic mass is 32.2. The molecule has 4 aromatic rings. The van der Waals surface area contributed by atoms with Gasteiger partial charge in [-0.15, -0.1) is 0 Å². The Kier molecular flexibility index (Phi) is 7.00. The highest BCUT2D eigenvalue weighted by Gasteiger charge is 2.52. The number of halogens is 1. The van der Waals surface area contributed by atoms with Crippen molar-refractivity contribution in [3.63, 3.8) is 0 Å². The van der Waals surface area contributed by atoms with Crippen molar-refractivity contribution in [3.8, 4) is 11.5 Å². The molecule has 1 unspecified atom stereocenters. The summed E-state index contributed by atoms with van der Waals surface area (Å²) in [7, 11) is 0. The Hall–Kier alpha value is -4.46. The fourth-order valence-electron chi connectivity index (χ4n) is 5.54. The van der Waals surface area contributed by atoms with Gasteiger partial charge in [0, 0.05) is 29.3 Å². The number of hydrogen-bond donors (Lipinski definition) is 3. The molecule has 3 aliphatic rings. The van der Waals surface area contributed by atoms with Crippen LogP contribution < -0.4 is 15.4 Å². The van der Waals surface area contributed by atoms with Gasteiger partial charge in [0.05, 0.1) is 54.4 Å². The van der Waals surface area contributed by atoms with Crippen molar-refractivity contribution in [2.24, 2.45) is 0 Å². The third-order valence-electron chi connectivity index (χ3n) is 7.62. The van der Waals surface area contributed by atoms with Crippen molar-refractivity contribution in [1.82, 2.24) is 25.5 Å². The summed E-state index contributed by atoms with van der Waals surface area (Å²) in [5.74, 6) is -1.63. The largest absolute Gasteiger partial charge is 0.455 e. The molecular weight excluding hydrogens is 577 g/mol. The number of H-pyrrole nitrogens is 1. The van der Waals surface area contributed by atoms with Gasteiger partial charge in [-0.2, -0.15) is 0 Å². The minimum atomic E-state index is -1.08. The van der Waals surface area contributed by atoms with Crippen LogP contribution in [0.15, 0.2) is 70.7 Å². The van der Waals surface area contributed by atoms with Gasteiger partial charge >= 0.3 is 0 Å². The maximum atomic E-state index is 14.0. The minimum Gasteiger partial charge on any atom is -0.455 e. The summed E-state index contributed by atoms with van der Waals surface area (Å²) in [6.45, 7) is 0.505. The average molecular weight is 604 g/mol. The molecule has 2 aromatic carbocycles. The maximum absolute atomic E-state index is 14.0. The molecule has 0 saturated carbocycles. The Labute approximate surface area is 249 Å². The Morgan fingerprint density at radius 2 is 1.86 bits per heavy atom. The Morgan fingerprint density at radius 3 is 2.70 bits per heavy atom. The Bertz CT molecular complexity index is 1760. The number of nitrogens with one attached hydrogen (secondary N) is 3. The molecule has 1 atom stereocenters. The van der Waals surface area contributed by atoms with E-state index >= 15 is 0 Å². The number of rotatable bonds is 6. The number of likely N-dealkylation sites (tertiary alicyclic amines) is 1. The molecule has 2 fully saturated rings. The van der Waals surface area contributed by atoms with Crippen molar-refractivity contribution in [2.45, 2.75) is 34.6 Å². The molecule has 11 nitrogen and oxygen atoms in total. The van der Waals surface area contributed by atoms with E-state index < -0.39 is 35.4 Å². The van der Waals surface area contributed by atoms with Gasteiger partial charge in [-0.25, -0.2) is 4.39 Å².